The Hall–Kier alpha value is -0.810. The molecule has 0 aliphatic carbocycles. The fourth-order valence-corrected chi connectivity index (χ4v) is 1.34. The van der Waals surface area contributed by atoms with E-state index in [4.69, 9.17) is 14.2 Å². The summed E-state index contributed by atoms with van der Waals surface area (Å²) < 4.78 is 28.4. The van der Waals surface area contributed by atoms with Crippen LogP contribution >= 0.6 is 15.9 Å². The van der Waals surface area contributed by atoms with Crippen molar-refractivity contribution in [2.45, 2.75) is 0 Å². The Morgan fingerprint density at radius 3 is 2.57 bits per heavy atom. The minimum absolute atomic E-state index is 0.0738. The Balaban J connectivity index is 2.90. The quantitative estimate of drug-likeness (QED) is 0.783. The predicted octanol–water partition coefficient (Wildman–Crippen LogP) is 2.58. The van der Waals surface area contributed by atoms with Gasteiger partial charge in [-0.15, -0.1) is 0 Å². The van der Waals surface area contributed by atoms with E-state index in [-0.39, 0.29) is 12.5 Å². The van der Waals surface area contributed by atoms with Gasteiger partial charge >= 0.3 is 0 Å². The van der Waals surface area contributed by atoms with Crippen molar-refractivity contribution < 1.29 is 18.6 Å². The van der Waals surface area contributed by atoms with Gasteiger partial charge in [0.2, 0.25) is 0 Å². The van der Waals surface area contributed by atoms with Crippen LogP contribution < -0.4 is 9.47 Å². The minimum Gasteiger partial charge on any atom is -0.494 e. The van der Waals surface area contributed by atoms with Gasteiger partial charge in [0.15, 0.2) is 18.4 Å². The van der Waals surface area contributed by atoms with Gasteiger partial charge in [0.25, 0.3) is 0 Å². The van der Waals surface area contributed by atoms with Crippen LogP contribution in [0.3, 0.4) is 0 Å². The van der Waals surface area contributed by atoms with E-state index in [1.165, 1.54) is 26.4 Å². The zero-order chi connectivity index (χ0) is 10.6. The highest BCUT2D eigenvalue weighted by molar-refractivity contribution is 9.10. The summed E-state index contributed by atoms with van der Waals surface area (Å²) >= 11 is 3.23. The molecule has 1 aromatic carbocycles. The maximum atomic E-state index is 13.2. The highest BCUT2D eigenvalue weighted by Crippen LogP contribution is 2.31. The van der Waals surface area contributed by atoms with Crippen LogP contribution in [-0.2, 0) is 4.74 Å². The molecule has 1 aromatic rings. The van der Waals surface area contributed by atoms with Crippen molar-refractivity contribution in [2.75, 3.05) is 21.0 Å². The van der Waals surface area contributed by atoms with Crippen molar-refractivity contribution >= 4 is 15.9 Å². The van der Waals surface area contributed by atoms with E-state index in [0.29, 0.717) is 10.2 Å². The van der Waals surface area contributed by atoms with Crippen LogP contribution in [0.5, 0.6) is 11.5 Å². The lowest BCUT2D eigenvalue weighted by Gasteiger charge is -2.09. The number of benzene rings is 1. The standard InChI is InChI=1S/C9H10BrFO3/c1-12-5-14-8-4-7(11)9(13-2)3-6(8)10/h3-4H,5H2,1-2H3. The van der Waals surface area contributed by atoms with Gasteiger partial charge in [-0.1, -0.05) is 0 Å². The van der Waals surface area contributed by atoms with E-state index in [1.807, 2.05) is 0 Å². The van der Waals surface area contributed by atoms with Crippen LogP contribution in [0.1, 0.15) is 0 Å². The molecule has 3 nitrogen and oxygen atoms in total. The molecule has 0 saturated heterocycles. The number of hydrogen-bond acceptors (Lipinski definition) is 3. The molecule has 0 aromatic heterocycles. The molecule has 0 radical (unpaired) electrons. The third kappa shape index (κ3) is 2.59. The molecule has 0 unspecified atom stereocenters. The first-order valence-corrected chi connectivity index (χ1v) is 4.63. The molecule has 0 aliphatic heterocycles. The van der Waals surface area contributed by atoms with Gasteiger partial charge in [0, 0.05) is 19.2 Å². The molecule has 14 heavy (non-hydrogen) atoms. The summed E-state index contributed by atoms with van der Waals surface area (Å²) in [6.07, 6.45) is 0. The van der Waals surface area contributed by atoms with E-state index in [0.717, 1.165) is 0 Å². The zero-order valence-electron chi connectivity index (χ0n) is 7.84. The molecular weight excluding hydrogens is 255 g/mol. The molecule has 0 spiro atoms. The maximum absolute atomic E-state index is 13.2. The molecule has 0 fully saturated rings. The number of methoxy groups -OCH3 is 2. The molecule has 5 heteroatoms. The third-order valence-electron chi connectivity index (χ3n) is 1.54. The van der Waals surface area contributed by atoms with Crippen LogP contribution in [0.2, 0.25) is 0 Å². The van der Waals surface area contributed by atoms with E-state index in [1.54, 1.807) is 0 Å². The maximum Gasteiger partial charge on any atom is 0.188 e. The second kappa shape index (κ2) is 5.17. The average Bonchev–Trinajstić information content (AvgIpc) is 2.18. The van der Waals surface area contributed by atoms with Gasteiger partial charge in [-0.05, 0) is 15.9 Å². The fourth-order valence-electron chi connectivity index (χ4n) is 0.900. The van der Waals surface area contributed by atoms with Gasteiger partial charge in [0.05, 0.1) is 11.6 Å². The first-order valence-electron chi connectivity index (χ1n) is 3.83. The Bertz CT molecular complexity index is 317. The Kier molecular flexibility index (Phi) is 4.16. The van der Waals surface area contributed by atoms with Gasteiger partial charge < -0.3 is 14.2 Å². The van der Waals surface area contributed by atoms with E-state index < -0.39 is 5.82 Å². The van der Waals surface area contributed by atoms with Gasteiger partial charge in [-0.2, -0.15) is 0 Å². The third-order valence-corrected chi connectivity index (χ3v) is 2.16. The SMILES string of the molecule is COCOc1cc(F)c(OC)cc1Br. The highest BCUT2D eigenvalue weighted by Gasteiger charge is 2.09. The Labute approximate surface area is 89.9 Å². The number of ether oxygens (including phenoxy) is 3. The van der Waals surface area contributed by atoms with Crippen molar-refractivity contribution in [3.63, 3.8) is 0 Å². The summed E-state index contributed by atoms with van der Waals surface area (Å²) in [6, 6.07) is 2.74. The minimum atomic E-state index is -0.471. The number of hydrogen-bond donors (Lipinski definition) is 0. The van der Waals surface area contributed by atoms with Crippen molar-refractivity contribution in [3.8, 4) is 11.5 Å². The molecule has 0 saturated carbocycles. The lowest BCUT2D eigenvalue weighted by atomic mass is 10.3. The van der Waals surface area contributed by atoms with E-state index in [2.05, 4.69) is 15.9 Å². The lowest BCUT2D eigenvalue weighted by molar-refractivity contribution is 0.0503. The van der Waals surface area contributed by atoms with Crippen LogP contribution in [0.25, 0.3) is 0 Å². The summed E-state index contributed by atoms with van der Waals surface area (Å²) in [7, 11) is 2.90. The number of halogens is 2. The van der Waals surface area contributed by atoms with Crippen molar-refractivity contribution in [1.29, 1.82) is 0 Å². The summed E-state index contributed by atoms with van der Waals surface area (Å²) in [5.74, 6) is 0.0774. The Morgan fingerprint density at radius 1 is 1.29 bits per heavy atom. The van der Waals surface area contributed by atoms with Crippen LogP contribution in [0, 0.1) is 5.82 Å². The first kappa shape index (κ1) is 11.3. The summed E-state index contributed by atoms with van der Waals surface area (Å²) in [5, 5.41) is 0. The summed E-state index contributed by atoms with van der Waals surface area (Å²) in [4.78, 5) is 0. The first-order chi connectivity index (χ1) is 6.69. The van der Waals surface area contributed by atoms with Gasteiger partial charge in [-0.3, -0.25) is 0 Å². The normalized spacial score (nSPS) is 10.0. The van der Waals surface area contributed by atoms with E-state index in [9.17, 15) is 4.39 Å². The molecule has 1 rings (SSSR count). The molecule has 0 amide bonds. The van der Waals surface area contributed by atoms with Crippen molar-refractivity contribution in [1.82, 2.24) is 0 Å². The molecule has 0 N–H and O–H groups in total. The molecular formula is C9H10BrFO3. The number of rotatable bonds is 4. The highest BCUT2D eigenvalue weighted by atomic mass is 79.9. The molecule has 0 aliphatic rings. The smallest absolute Gasteiger partial charge is 0.188 e. The largest absolute Gasteiger partial charge is 0.494 e. The average molecular weight is 265 g/mol. The molecule has 0 bridgehead atoms. The van der Waals surface area contributed by atoms with Gasteiger partial charge in [0.1, 0.15) is 5.75 Å². The van der Waals surface area contributed by atoms with E-state index >= 15 is 0 Å². The second-order valence-corrected chi connectivity index (χ2v) is 3.32. The van der Waals surface area contributed by atoms with Crippen LogP contribution in [0.4, 0.5) is 4.39 Å². The second-order valence-electron chi connectivity index (χ2n) is 2.47. The zero-order valence-corrected chi connectivity index (χ0v) is 9.43. The Morgan fingerprint density at radius 2 is 2.00 bits per heavy atom. The monoisotopic (exact) mass is 264 g/mol. The topological polar surface area (TPSA) is 27.7 Å². The molecule has 0 heterocycles. The van der Waals surface area contributed by atoms with Crippen molar-refractivity contribution in [3.05, 3.63) is 22.4 Å². The van der Waals surface area contributed by atoms with Crippen LogP contribution in [0.15, 0.2) is 16.6 Å². The van der Waals surface area contributed by atoms with Crippen molar-refractivity contribution in [2.24, 2.45) is 0 Å². The van der Waals surface area contributed by atoms with Crippen LogP contribution in [-0.4, -0.2) is 21.0 Å². The summed E-state index contributed by atoms with van der Waals surface area (Å²) in [5.41, 5.74) is 0. The lowest BCUT2D eigenvalue weighted by Crippen LogP contribution is -2.00. The van der Waals surface area contributed by atoms with Gasteiger partial charge in [-0.25, -0.2) is 4.39 Å². The fraction of sp³-hybridized carbons (Fsp3) is 0.333. The molecule has 0 atom stereocenters. The predicted molar refractivity (Wildman–Crippen MR) is 53.2 cm³/mol. The summed E-state index contributed by atoms with van der Waals surface area (Å²) in [6.45, 7) is 0.0738. The molecule has 78 valence electrons.